The van der Waals surface area contributed by atoms with Crippen LogP contribution in [0.4, 0.5) is 5.69 Å². The molecule has 1 aliphatic rings. The summed E-state index contributed by atoms with van der Waals surface area (Å²) in [6.07, 6.45) is 13.7. The molecule has 0 saturated heterocycles. The van der Waals surface area contributed by atoms with Crippen molar-refractivity contribution in [3.8, 4) is 0 Å². The van der Waals surface area contributed by atoms with Crippen molar-refractivity contribution in [2.45, 2.75) is 58.8 Å². The van der Waals surface area contributed by atoms with E-state index in [0.717, 1.165) is 18.4 Å². The lowest BCUT2D eigenvalue weighted by Crippen LogP contribution is -2.30. The fraction of sp³-hybridized carbons (Fsp3) is 0.429. The molecule has 0 saturated carbocycles. The summed E-state index contributed by atoms with van der Waals surface area (Å²) in [5.41, 5.74) is 2.21. The Morgan fingerprint density at radius 3 is 2.33 bits per heavy atom. The Bertz CT molecular complexity index is 626. The SMILES string of the molecule is CCCCCCCC/C=C\C1=CC(=O)N(c2ccc(C)cc2)C1=O. The fourth-order valence-corrected chi connectivity index (χ4v) is 2.80. The topological polar surface area (TPSA) is 37.4 Å². The average Bonchev–Trinajstić information content (AvgIpc) is 2.85. The van der Waals surface area contributed by atoms with Crippen molar-refractivity contribution >= 4 is 17.5 Å². The number of carbonyl (C=O) groups excluding carboxylic acids is 2. The summed E-state index contributed by atoms with van der Waals surface area (Å²) in [6.45, 7) is 4.20. The quantitative estimate of drug-likeness (QED) is 0.468. The zero-order valence-electron chi connectivity index (χ0n) is 14.8. The number of benzene rings is 1. The van der Waals surface area contributed by atoms with Crippen molar-refractivity contribution < 1.29 is 9.59 Å². The maximum absolute atomic E-state index is 12.4. The highest BCUT2D eigenvalue weighted by Gasteiger charge is 2.30. The van der Waals surface area contributed by atoms with Crippen LogP contribution in [0.5, 0.6) is 0 Å². The average molecular weight is 325 g/mol. The van der Waals surface area contributed by atoms with E-state index >= 15 is 0 Å². The molecule has 0 unspecified atom stereocenters. The predicted octanol–water partition coefficient (Wildman–Crippen LogP) is 5.10. The number of allylic oxidation sites excluding steroid dienone is 1. The molecule has 0 fully saturated rings. The van der Waals surface area contributed by atoms with E-state index < -0.39 is 0 Å². The summed E-state index contributed by atoms with van der Waals surface area (Å²) in [5, 5.41) is 0. The van der Waals surface area contributed by atoms with Crippen molar-refractivity contribution in [2.24, 2.45) is 0 Å². The first-order valence-corrected chi connectivity index (χ1v) is 8.97. The summed E-state index contributed by atoms with van der Waals surface area (Å²) >= 11 is 0. The second kappa shape index (κ2) is 9.21. The van der Waals surface area contributed by atoms with Crippen LogP contribution in [0, 0.1) is 6.92 Å². The van der Waals surface area contributed by atoms with E-state index in [0.29, 0.717) is 11.3 Å². The number of anilines is 1. The van der Waals surface area contributed by atoms with Gasteiger partial charge in [0.2, 0.25) is 0 Å². The molecule has 0 N–H and O–H groups in total. The molecular formula is C21H27NO2. The number of amides is 2. The number of rotatable bonds is 9. The first-order valence-electron chi connectivity index (χ1n) is 8.97. The van der Waals surface area contributed by atoms with Crippen LogP contribution in [0.15, 0.2) is 48.1 Å². The van der Waals surface area contributed by atoms with E-state index in [1.54, 1.807) is 6.08 Å². The summed E-state index contributed by atoms with van der Waals surface area (Å²) in [7, 11) is 0. The van der Waals surface area contributed by atoms with Crippen molar-refractivity contribution in [1.29, 1.82) is 0 Å². The maximum Gasteiger partial charge on any atom is 0.265 e. The van der Waals surface area contributed by atoms with Gasteiger partial charge in [-0.1, -0.05) is 68.9 Å². The maximum atomic E-state index is 12.4. The molecule has 24 heavy (non-hydrogen) atoms. The number of unbranched alkanes of at least 4 members (excludes halogenated alkanes) is 6. The van der Waals surface area contributed by atoms with E-state index in [1.165, 1.54) is 43.1 Å². The molecule has 1 aliphatic heterocycles. The standard InChI is InChI=1S/C21H27NO2/c1-3-4-5-6-7-8-9-10-11-18-16-20(23)22(21(18)24)19-14-12-17(2)13-15-19/h10-16H,3-9H2,1-2H3/b11-10-. The number of imide groups is 1. The third-order valence-electron chi connectivity index (χ3n) is 4.26. The lowest BCUT2D eigenvalue weighted by Gasteiger charge is -2.14. The molecular weight excluding hydrogens is 298 g/mol. The van der Waals surface area contributed by atoms with Crippen LogP contribution in [0.3, 0.4) is 0 Å². The highest BCUT2D eigenvalue weighted by atomic mass is 16.2. The Morgan fingerprint density at radius 1 is 0.958 bits per heavy atom. The van der Waals surface area contributed by atoms with Gasteiger partial charge in [0.25, 0.3) is 11.8 Å². The molecule has 0 atom stereocenters. The molecule has 1 aromatic rings. The molecule has 2 amide bonds. The third kappa shape index (κ3) is 4.92. The van der Waals surface area contributed by atoms with Crippen molar-refractivity contribution in [3.63, 3.8) is 0 Å². The summed E-state index contributed by atoms with van der Waals surface area (Å²) in [4.78, 5) is 25.8. The van der Waals surface area contributed by atoms with Crippen molar-refractivity contribution in [3.05, 3.63) is 53.6 Å². The van der Waals surface area contributed by atoms with Gasteiger partial charge in [-0.2, -0.15) is 0 Å². The molecule has 0 bridgehead atoms. The fourth-order valence-electron chi connectivity index (χ4n) is 2.80. The van der Waals surface area contributed by atoms with E-state index in [2.05, 4.69) is 6.92 Å². The highest BCUT2D eigenvalue weighted by Crippen LogP contribution is 2.23. The lowest BCUT2D eigenvalue weighted by molar-refractivity contribution is -0.120. The predicted molar refractivity (Wildman–Crippen MR) is 98.9 cm³/mol. The molecule has 1 aromatic carbocycles. The van der Waals surface area contributed by atoms with Crippen LogP contribution < -0.4 is 4.90 Å². The van der Waals surface area contributed by atoms with Gasteiger partial charge in [0.05, 0.1) is 5.69 Å². The van der Waals surface area contributed by atoms with Gasteiger partial charge in [0.15, 0.2) is 0 Å². The van der Waals surface area contributed by atoms with Gasteiger partial charge in [-0.25, -0.2) is 4.90 Å². The Kier molecular flexibility index (Phi) is 6.98. The second-order valence-corrected chi connectivity index (χ2v) is 6.37. The summed E-state index contributed by atoms with van der Waals surface area (Å²) < 4.78 is 0. The van der Waals surface area contributed by atoms with Crippen LogP contribution in [-0.2, 0) is 9.59 Å². The van der Waals surface area contributed by atoms with Crippen molar-refractivity contribution in [2.75, 3.05) is 4.90 Å². The van der Waals surface area contributed by atoms with E-state index in [4.69, 9.17) is 0 Å². The van der Waals surface area contributed by atoms with Gasteiger partial charge in [0, 0.05) is 11.6 Å². The molecule has 3 heteroatoms. The third-order valence-corrected chi connectivity index (χ3v) is 4.26. The minimum absolute atomic E-state index is 0.233. The van der Waals surface area contributed by atoms with Crippen LogP contribution in [0.2, 0.25) is 0 Å². The van der Waals surface area contributed by atoms with E-state index in [1.807, 2.05) is 37.3 Å². The normalized spacial score (nSPS) is 14.8. The number of nitrogens with zero attached hydrogens (tertiary/aromatic N) is 1. The molecule has 3 nitrogen and oxygen atoms in total. The first kappa shape index (κ1) is 18.2. The highest BCUT2D eigenvalue weighted by molar-refractivity contribution is 6.31. The zero-order valence-corrected chi connectivity index (χ0v) is 14.8. The van der Waals surface area contributed by atoms with Gasteiger partial charge in [0.1, 0.15) is 0 Å². The molecule has 128 valence electrons. The number of hydrogen-bond acceptors (Lipinski definition) is 2. The largest absolute Gasteiger partial charge is 0.269 e. The van der Waals surface area contributed by atoms with Crippen molar-refractivity contribution in [1.82, 2.24) is 0 Å². The Morgan fingerprint density at radius 2 is 1.62 bits per heavy atom. The van der Waals surface area contributed by atoms with Crippen LogP contribution >= 0.6 is 0 Å². The lowest BCUT2D eigenvalue weighted by atomic mass is 10.1. The Labute approximate surface area is 145 Å². The first-order chi connectivity index (χ1) is 11.6. The molecule has 0 aromatic heterocycles. The van der Waals surface area contributed by atoms with Gasteiger partial charge in [-0.05, 0) is 31.9 Å². The minimum Gasteiger partial charge on any atom is -0.269 e. The van der Waals surface area contributed by atoms with Crippen LogP contribution in [0.25, 0.3) is 0 Å². The smallest absolute Gasteiger partial charge is 0.265 e. The molecule has 0 radical (unpaired) electrons. The monoisotopic (exact) mass is 325 g/mol. The molecule has 2 rings (SSSR count). The van der Waals surface area contributed by atoms with Gasteiger partial charge in [-0.3, -0.25) is 9.59 Å². The Balaban J connectivity index is 1.83. The Hall–Kier alpha value is -2.16. The van der Waals surface area contributed by atoms with Gasteiger partial charge >= 0.3 is 0 Å². The van der Waals surface area contributed by atoms with Crippen LogP contribution in [-0.4, -0.2) is 11.8 Å². The number of aryl methyl sites for hydroxylation is 1. The minimum atomic E-state index is -0.261. The molecule has 1 heterocycles. The molecule has 0 spiro atoms. The van der Waals surface area contributed by atoms with Gasteiger partial charge in [-0.15, -0.1) is 0 Å². The van der Waals surface area contributed by atoms with Gasteiger partial charge < -0.3 is 0 Å². The summed E-state index contributed by atoms with van der Waals surface area (Å²) in [6, 6.07) is 7.42. The second-order valence-electron chi connectivity index (χ2n) is 6.37. The molecule has 0 aliphatic carbocycles. The summed E-state index contributed by atoms with van der Waals surface area (Å²) in [5.74, 6) is -0.494. The number of carbonyl (C=O) groups is 2. The van der Waals surface area contributed by atoms with E-state index in [9.17, 15) is 9.59 Å². The van der Waals surface area contributed by atoms with E-state index in [-0.39, 0.29) is 11.8 Å². The zero-order chi connectivity index (χ0) is 17.4. The van der Waals surface area contributed by atoms with Crippen LogP contribution in [0.1, 0.15) is 57.4 Å². The number of hydrogen-bond donors (Lipinski definition) is 0.